The molecule has 2 fully saturated rings. The zero-order valence-electron chi connectivity index (χ0n) is 13.8. The number of hydrogen-bond acceptors (Lipinski definition) is 5. The summed E-state index contributed by atoms with van der Waals surface area (Å²) in [6.07, 6.45) is 3.64. The van der Waals surface area contributed by atoms with E-state index in [4.69, 9.17) is 4.74 Å². The van der Waals surface area contributed by atoms with Crippen LogP contribution in [0, 0.1) is 11.3 Å². The molecular weight excluding hydrogens is 280 g/mol. The maximum absolute atomic E-state index is 12.3. The molecule has 124 valence electrons. The maximum Gasteiger partial charge on any atom is 0.235 e. The van der Waals surface area contributed by atoms with Gasteiger partial charge in [0.2, 0.25) is 5.91 Å². The third kappa shape index (κ3) is 4.42. The Balaban J connectivity index is 1.77. The molecule has 2 rings (SSSR count). The first-order valence-corrected chi connectivity index (χ1v) is 8.26. The molecule has 0 radical (unpaired) electrons. The summed E-state index contributed by atoms with van der Waals surface area (Å²) < 4.78 is 5.13. The number of ether oxygens (including phenoxy) is 1. The molecule has 1 aliphatic heterocycles. The van der Waals surface area contributed by atoms with Crippen LogP contribution in [0.1, 0.15) is 32.6 Å². The molecule has 0 bridgehead atoms. The van der Waals surface area contributed by atoms with Gasteiger partial charge in [0.15, 0.2) is 0 Å². The molecule has 1 saturated carbocycles. The smallest absolute Gasteiger partial charge is 0.235 e. The van der Waals surface area contributed by atoms with Crippen LogP contribution >= 0.6 is 0 Å². The lowest BCUT2D eigenvalue weighted by atomic mass is 10.00. The highest BCUT2D eigenvalue weighted by molar-refractivity contribution is 5.79. The lowest BCUT2D eigenvalue weighted by Gasteiger charge is -2.39. The molecule has 22 heavy (non-hydrogen) atoms. The van der Waals surface area contributed by atoms with Crippen molar-refractivity contribution in [2.75, 3.05) is 46.4 Å². The van der Waals surface area contributed by atoms with Crippen molar-refractivity contribution in [2.45, 2.75) is 44.2 Å². The van der Waals surface area contributed by atoms with Crippen LogP contribution in [0.3, 0.4) is 0 Å². The Morgan fingerprint density at radius 1 is 1.41 bits per heavy atom. The number of nitriles is 1. The van der Waals surface area contributed by atoms with Gasteiger partial charge in [-0.2, -0.15) is 5.26 Å². The number of methoxy groups -OCH3 is 1. The molecule has 0 aromatic carbocycles. The molecule has 0 unspecified atom stereocenters. The van der Waals surface area contributed by atoms with Crippen molar-refractivity contribution in [3.05, 3.63) is 0 Å². The highest BCUT2D eigenvalue weighted by Crippen LogP contribution is 2.28. The van der Waals surface area contributed by atoms with Gasteiger partial charge in [-0.25, -0.2) is 0 Å². The summed E-state index contributed by atoms with van der Waals surface area (Å²) in [5.41, 5.74) is -0.608. The summed E-state index contributed by atoms with van der Waals surface area (Å²) in [6, 6.07) is 2.74. The second-order valence-electron chi connectivity index (χ2n) is 6.56. The molecule has 1 heterocycles. The normalized spacial score (nSPS) is 25.8. The van der Waals surface area contributed by atoms with E-state index in [-0.39, 0.29) is 5.91 Å². The van der Waals surface area contributed by atoms with E-state index in [9.17, 15) is 10.1 Å². The van der Waals surface area contributed by atoms with Crippen LogP contribution in [0.2, 0.25) is 0 Å². The Morgan fingerprint density at radius 3 is 2.73 bits per heavy atom. The highest BCUT2D eigenvalue weighted by Gasteiger charge is 2.36. The molecule has 6 heteroatoms. The summed E-state index contributed by atoms with van der Waals surface area (Å²) in [6.45, 7) is 7.00. The fourth-order valence-corrected chi connectivity index (χ4v) is 3.51. The van der Waals surface area contributed by atoms with Crippen molar-refractivity contribution in [2.24, 2.45) is 0 Å². The third-order valence-electron chi connectivity index (χ3n) is 4.85. The van der Waals surface area contributed by atoms with Gasteiger partial charge in [-0.1, -0.05) is 0 Å². The molecule has 2 aliphatic rings. The van der Waals surface area contributed by atoms with E-state index < -0.39 is 5.54 Å². The van der Waals surface area contributed by atoms with Gasteiger partial charge in [0, 0.05) is 39.3 Å². The van der Waals surface area contributed by atoms with Crippen LogP contribution in [0.4, 0.5) is 0 Å². The average molecular weight is 308 g/mol. The lowest BCUT2D eigenvalue weighted by molar-refractivity contribution is -0.124. The van der Waals surface area contributed by atoms with Gasteiger partial charge in [0.25, 0.3) is 0 Å². The monoisotopic (exact) mass is 308 g/mol. The largest absolute Gasteiger partial charge is 0.383 e. The van der Waals surface area contributed by atoms with Crippen LogP contribution in [-0.4, -0.2) is 73.7 Å². The van der Waals surface area contributed by atoms with Gasteiger partial charge in [-0.15, -0.1) is 0 Å². The Morgan fingerprint density at radius 2 is 2.14 bits per heavy atom. The van der Waals surface area contributed by atoms with Gasteiger partial charge < -0.3 is 10.1 Å². The van der Waals surface area contributed by atoms with Crippen molar-refractivity contribution >= 4 is 5.91 Å². The SMILES string of the molecule is COCCN1CCN(CC(=O)NC2(C#N)CCCC2)C[C@H]1C. The number of nitrogens with one attached hydrogen (secondary N) is 1. The number of carbonyl (C=O) groups is 1. The Labute approximate surface area is 133 Å². The molecule has 1 amide bonds. The Hall–Kier alpha value is -1.16. The second kappa shape index (κ2) is 7.91. The molecule has 0 aromatic rings. The van der Waals surface area contributed by atoms with E-state index >= 15 is 0 Å². The van der Waals surface area contributed by atoms with Crippen molar-refractivity contribution in [3.8, 4) is 6.07 Å². The minimum atomic E-state index is -0.608. The fraction of sp³-hybridized carbons (Fsp3) is 0.875. The summed E-state index contributed by atoms with van der Waals surface area (Å²) in [4.78, 5) is 16.8. The summed E-state index contributed by atoms with van der Waals surface area (Å²) in [5, 5.41) is 12.3. The summed E-state index contributed by atoms with van der Waals surface area (Å²) in [7, 11) is 1.72. The lowest BCUT2D eigenvalue weighted by Crippen LogP contribution is -2.56. The van der Waals surface area contributed by atoms with Gasteiger partial charge >= 0.3 is 0 Å². The molecule has 6 nitrogen and oxygen atoms in total. The van der Waals surface area contributed by atoms with Gasteiger partial charge in [0.1, 0.15) is 5.54 Å². The minimum Gasteiger partial charge on any atom is -0.383 e. The van der Waals surface area contributed by atoms with Crippen LogP contribution in [0.25, 0.3) is 0 Å². The minimum absolute atomic E-state index is 0.0130. The highest BCUT2D eigenvalue weighted by atomic mass is 16.5. The molecule has 0 aromatic heterocycles. The van der Waals surface area contributed by atoms with Crippen LogP contribution in [0.15, 0.2) is 0 Å². The van der Waals surface area contributed by atoms with Crippen molar-refractivity contribution in [1.29, 1.82) is 5.26 Å². The topological polar surface area (TPSA) is 68.6 Å². The van der Waals surface area contributed by atoms with Crippen molar-refractivity contribution in [1.82, 2.24) is 15.1 Å². The third-order valence-corrected chi connectivity index (χ3v) is 4.85. The Bertz CT molecular complexity index is 415. The number of nitrogens with zero attached hydrogens (tertiary/aromatic N) is 3. The van der Waals surface area contributed by atoms with E-state index in [1.807, 2.05) is 0 Å². The maximum atomic E-state index is 12.3. The zero-order valence-corrected chi connectivity index (χ0v) is 13.8. The standard InChI is InChI=1S/C16H28N4O2/c1-14-11-19(7-8-20(14)9-10-22-2)12-15(21)18-16(13-17)5-3-4-6-16/h14H,3-12H2,1-2H3,(H,18,21)/t14-/m1/s1. The molecule has 1 N–H and O–H groups in total. The van der Waals surface area contributed by atoms with Gasteiger partial charge in [0.05, 0.1) is 19.2 Å². The first kappa shape index (κ1) is 17.2. The van der Waals surface area contributed by atoms with Gasteiger partial charge in [-0.05, 0) is 32.6 Å². The number of carbonyl (C=O) groups excluding carboxylic acids is 1. The quantitative estimate of drug-likeness (QED) is 0.778. The van der Waals surface area contributed by atoms with Gasteiger partial charge in [-0.3, -0.25) is 14.6 Å². The molecule has 1 atom stereocenters. The van der Waals surface area contributed by atoms with Crippen LogP contribution in [-0.2, 0) is 9.53 Å². The number of piperazine rings is 1. The summed E-state index contributed by atoms with van der Waals surface area (Å²) >= 11 is 0. The zero-order chi connectivity index (χ0) is 16.0. The first-order chi connectivity index (χ1) is 10.6. The fourth-order valence-electron chi connectivity index (χ4n) is 3.51. The van der Waals surface area contributed by atoms with E-state index in [2.05, 4.69) is 28.1 Å². The summed E-state index contributed by atoms with van der Waals surface area (Å²) in [5.74, 6) is -0.0130. The second-order valence-corrected chi connectivity index (χ2v) is 6.56. The van der Waals surface area contributed by atoms with E-state index in [0.29, 0.717) is 12.6 Å². The molecule has 1 saturated heterocycles. The van der Waals surface area contributed by atoms with Crippen LogP contribution < -0.4 is 5.32 Å². The number of hydrogen-bond donors (Lipinski definition) is 1. The van der Waals surface area contributed by atoms with E-state index in [1.54, 1.807) is 7.11 Å². The number of rotatable bonds is 6. The van der Waals surface area contributed by atoms with Crippen LogP contribution in [0.5, 0.6) is 0 Å². The first-order valence-electron chi connectivity index (χ1n) is 8.26. The van der Waals surface area contributed by atoms with E-state index in [1.165, 1.54) is 0 Å². The molecule has 1 aliphatic carbocycles. The predicted octanol–water partition coefficient (Wildman–Crippen LogP) is 0.591. The molecule has 0 spiro atoms. The van der Waals surface area contributed by atoms with Crippen molar-refractivity contribution < 1.29 is 9.53 Å². The average Bonchev–Trinajstić information content (AvgIpc) is 2.95. The number of amides is 1. The van der Waals surface area contributed by atoms with E-state index in [0.717, 1.165) is 58.5 Å². The molecular formula is C16H28N4O2. The predicted molar refractivity (Wildman–Crippen MR) is 84.3 cm³/mol. The van der Waals surface area contributed by atoms with Crippen molar-refractivity contribution in [3.63, 3.8) is 0 Å². The Kier molecular flexibility index (Phi) is 6.18.